The Morgan fingerprint density at radius 2 is 1.95 bits per heavy atom. The molecular formula is C23H19BrClF3N4O4S. The molecule has 0 spiro atoms. The number of carbonyl (C=O) groups is 1. The minimum absolute atomic E-state index is 0.0155. The van der Waals surface area contributed by atoms with E-state index in [2.05, 4.69) is 20.9 Å². The molecule has 37 heavy (non-hydrogen) atoms. The van der Waals surface area contributed by atoms with E-state index in [4.69, 9.17) is 21.8 Å². The number of nitrogens with zero attached hydrogens (tertiary/aromatic N) is 2. The molecule has 2 heterocycles. The summed E-state index contributed by atoms with van der Waals surface area (Å²) in [5, 5.41) is 0.589. The number of rotatable bonds is 8. The number of fused-ring (bicyclic) bond motifs is 1. The van der Waals surface area contributed by atoms with Gasteiger partial charge in [0.2, 0.25) is 0 Å². The highest BCUT2D eigenvalue weighted by Crippen LogP contribution is 2.42. The van der Waals surface area contributed by atoms with Crippen molar-refractivity contribution in [2.24, 2.45) is 5.73 Å². The Balaban J connectivity index is 1.77. The van der Waals surface area contributed by atoms with Gasteiger partial charge in [-0.15, -0.1) is 0 Å². The monoisotopic (exact) mass is 618 g/mol. The molecule has 0 saturated carbocycles. The zero-order valence-corrected chi connectivity index (χ0v) is 22.2. The first-order valence-electron chi connectivity index (χ1n) is 10.8. The smallest absolute Gasteiger partial charge is 0.455 e. The number of benzene rings is 2. The Bertz CT molecular complexity index is 1620. The van der Waals surface area contributed by atoms with Gasteiger partial charge in [-0.25, -0.2) is 4.98 Å². The zero-order valence-electron chi connectivity index (χ0n) is 19.1. The van der Waals surface area contributed by atoms with Crippen LogP contribution in [-0.2, 0) is 23.0 Å². The maximum absolute atomic E-state index is 13.0. The lowest BCUT2D eigenvalue weighted by atomic mass is 10.1. The number of hydrogen-bond donors (Lipinski definition) is 2. The number of nitrogens with two attached hydrogens (primary N) is 1. The van der Waals surface area contributed by atoms with Crippen molar-refractivity contribution in [3.8, 4) is 11.3 Å². The molecule has 2 aromatic heterocycles. The van der Waals surface area contributed by atoms with Gasteiger partial charge >= 0.3 is 15.5 Å². The zero-order chi connectivity index (χ0) is 27.1. The van der Waals surface area contributed by atoms with Crippen LogP contribution in [0.3, 0.4) is 0 Å². The third-order valence-electron chi connectivity index (χ3n) is 5.46. The van der Waals surface area contributed by atoms with E-state index in [0.717, 1.165) is 12.0 Å². The molecule has 0 bridgehead atoms. The Morgan fingerprint density at radius 3 is 2.59 bits per heavy atom. The van der Waals surface area contributed by atoms with E-state index in [1.54, 1.807) is 27.5 Å². The lowest BCUT2D eigenvalue weighted by Crippen LogP contribution is -2.30. The lowest BCUT2D eigenvalue weighted by molar-refractivity contribution is -0.0429. The topological polar surface area (TPSA) is 120 Å². The number of nitrogens with one attached hydrogen (secondary N) is 1. The van der Waals surface area contributed by atoms with Crippen LogP contribution in [0.4, 0.5) is 18.9 Å². The molecule has 0 atom stereocenters. The number of imidazole rings is 1. The molecule has 4 rings (SSSR count). The second kappa shape index (κ2) is 10.0. The molecular weight excluding hydrogens is 601 g/mol. The van der Waals surface area contributed by atoms with Gasteiger partial charge < -0.3 is 14.7 Å². The van der Waals surface area contributed by atoms with Gasteiger partial charge in [0.1, 0.15) is 17.1 Å². The second-order valence-electron chi connectivity index (χ2n) is 8.04. The molecule has 0 saturated heterocycles. The summed E-state index contributed by atoms with van der Waals surface area (Å²) in [6.07, 6.45) is 1.33. The van der Waals surface area contributed by atoms with Gasteiger partial charge in [-0.05, 0) is 52.2 Å². The Labute approximate surface area is 222 Å². The third kappa shape index (κ3) is 5.20. The minimum Gasteiger partial charge on any atom is -0.455 e. The number of alkyl halides is 3. The normalized spacial score (nSPS) is 12.3. The first kappa shape index (κ1) is 27.0. The number of furan rings is 1. The average Bonchev–Trinajstić information content (AvgIpc) is 3.29. The fraction of sp³-hybridized carbons (Fsp3) is 0.217. The Kier molecular flexibility index (Phi) is 7.32. The summed E-state index contributed by atoms with van der Waals surface area (Å²) in [5.41, 5.74) is 1.05. The molecule has 1 amide bonds. The molecule has 196 valence electrons. The van der Waals surface area contributed by atoms with Crippen LogP contribution in [0.15, 0.2) is 51.4 Å². The van der Waals surface area contributed by atoms with Crippen molar-refractivity contribution in [3.63, 3.8) is 0 Å². The number of primary amides is 1. The largest absolute Gasteiger partial charge is 0.516 e. The first-order valence-corrected chi connectivity index (χ1v) is 13.4. The van der Waals surface area contributed by atoms with Gasteiger partial charge in [-0.3, -0.25) is 9.52 Å². The van der Waals surface area contributed by atoms with Crippen molar-refractivity contribution >= 4 is 60.1 Å². The fourth-order valence-electron chi connectivity index (χ4n) is 3.83. The van der Waals surface area contributed by atoms with E-state index < -0.39 is 21.4 Å². The number of carbonyl (C=O) groups excluding carboxylic acids is 1. The number of amides is 1. The van der Waals surface area contributed by atoms with E-state index in [0.29, 0.717) is 27.7 Å². The maximum Gasteiger partial charge on any atom is 0.516 e. The quantitative estimate of drug-likeness (QED) is 0.248. The van der Waals surface area contributed by atoms with Crippen LogP contribution in [-0.4, -0.2) is 29.4 Å². The van der Waals surface area contributed by atoms with Crippen molar-refractivity contribution in [1.82, 2.24) is 9.55 Å². The van der Waals surface area contributed by atoms with E-state index in [1.165, 1.54) is 24.3 Å². The van der Waals surface area contributed by atoms with E-state index in [9.17, 15) is 26.4 Å². The highest BCUT2D eigenvalue weighted by molar-refractivity contribution is 9.10. The van der Waals surface area contributed by atoms with Crippen LogP contribution in [0.1, 0.15) is 35.2 Å². The van der Waals surface area contributed by atoms with Gasteiger partial charge in [-0.2, -0.15) is 21.6 Å². The molecule has 0 aliphatic carbocycles. The molecule has 2 aromatic carbocycles. The van der Waals surface area contributed by atoms with Crippen molar-refractivity contribution < 1.29 is 30.8 Å². The minimum atomic E-state index is -5.65. The molecule has 0 unspecified atom stereocenters. The SMILES string of the molecule is CCCc1nc(Cl)c(C(N)=O)n1Cc1ccc2oc(-c3ccccc3NS(=O)(=O)C(F)(F)F)c(Br)c2c1. The van der Waals surface area contributed by atoms with E-state index in [-0.39, 0.29) is 34.4 Å². The Morgan fingerprint density at radius 1 is 1.24 bits per heavy atom. The maximum atomic E-state index is 13.0. The summed E-state index contributed by atoms with van der Waals surface area (Å²) in [4.78, 5) is 16.3. The second-order valence-corrected chi connectivity index (χ2v) is 10.9. The van der Waals surface area contributed by atoms with Crippen molar-refractivity contribution in [1.29, 1.82) is 0 Å². The Hall–Kier alpha value is -3.03. The highest BCUT2D eigenvalue weighted by atomic mass is 79.9. The fourth-order valence-corrected chi connectivity index (χ4v) is 5.31. The summed E-state index contributed by atoms with van der Waals surface area (Å²) in [6.45, 7) is 2.18. The summed E-state index contributed by atoms with van der Waals surface area (Å²) < 4.78 is 71.8. The molecule has 8 nitrogen and oxygen atoms in total. The van der Waals surface area contributed by atoms with Gasteiger partial charge in [-0.1, -0.05) is 36.7 Å². The first-order chi connectivity index (χ1) is 17.3. The molecule has 0 radical (unpaired) electrons. The highest BCUT2D eigenvalue weighted by Gasteiger charge is 2.46. The predicted octanol–water partition coefficient (Wildman–Crippen LogP) is 6.07. The van der Waals surface area contributed by atoms with Gasteiger partial charge in [0.25, 0.3) is 5.91 Å². The molecule has 0 aliphatic rings. The van der Waals surface area contributed by atoms with Crippen molar-refractivity contribution in [2.45, 2.75) is 31.8 Å². The van der Waals surface area contributed by atoms with Gasteiger partial charge in [0.15, 0.2) is 10.9 Å². The molecule has 14 heteroatoms. The summed E-state index contributed by atoms with van der Waals surface area (Å²) in [5.74, 6) is 0.00708. The summed E-state index contributed by atoms with van der Waals surface area (Å²) in [7, 11) is -5.65. The number of sulfonamides is 1. The van der Waals surface area contributed by atoms with Gasteiger partial charge in [0, 0.05) is 23.9 Å². The molecule has 4 aromatic rings. The summed E-state index contributed by atoms with van der Waals surface area (Å²) in [6, 6.07) is 10.7. The van der Waals surface area contributed by atoms with E-state index >= 15 is 0 Å². The number of anilines is 1. The van der Waals surface area contributed by atoms with Crippen LogP contribution in [0.25, 0.3) is 22.3 Å². The number of hydrogen-bond acceptors (Lipinski definition) is 5. The standard InChI is InChI=1S/C23H19BrClF3N4O4S/c1-2-5-17-30-21(25)19(22(29)33)32(17)11-12-8-9-16-14(10-12)18(24)20(36-16)13-6-3-4-7-15(13)31-37(34,35)23(26,27)28/h3-4,6-10,31H,2,5,11H2,1H3,(H2,29,33). The van der Waals surface area contributed by atoms with E-state index in [1.807, 2.05) is 6.92 Å². The summed E-state index contributed by atoms with van der Waals surface area (Å²) >= 11 is 9.59. The average molecular weight is 620 g/mol. The van der Waals surface area contributed by atoms with Crippen LogP contribution in [0, 0.1) is 0 Å². The molecule has 0 fully saturated rings. The van der Waals surface area contributed by atoms with Crippen LogP contribution in [0.2, 0.25) is 5.15 Å². The number of aromatic nitrogens is 2. The third-order valence-corrected chi connectivity index (χ3v) is 7.61. The number of halogens is 5. The van der Waals surface area contributed by atoms with Crippen LogP contribution < -0.4 is 10.5 Å². The van der Waals surface area contributed by atoms with Crippen LogP contribution >= 0.6 is 27.5 Å². The number of aryl methyl sites for hydroxylation is 1. The van der Waals surface area contributed by atoms with Crippen molar-refractivity contribution in [2.75, 3.05) is 4.72 Å². The van der Waals surface area contributed by atoms with Crippen molar-refractivity contribution in [3.05, 3.63) is 69.2 Å². The lowest BCUT2D eigenvalue weighted by Gasteiger charge is -2.13. The number of para-hydroxylation sites is 1. The molecule has 0 aliphatic heterocycles. The van der Waals surface area contributed by atoms with Crippen LogP contribution in [0.5, 0.6) is 0 Å². The predicted molar refractivity (Wildman–Crippen MR) is 137 cm³/mol. The van der Waals surface area contributed by atoms with Gasteiger partial charge in [0.05, 0.1) is 10.2 Å². The molecule has 3 N–H and O–H groups in total.